The molecule has 0 aromatic heterocycles. The van der Waals surface area contributed by atoms with Crippen LogP contribution in [-0.2, 0) is 32.7 Å². The molecule has 0 aliphatic carbocycles. The summed E-state index contributed by atoms with van der Waals surface area (Å²) in [6, 6.07) is 0. The number of phosphoric acid groups is 1. The number of carbonyl (C=O) groups excluding carboxylic acids is 2. The molecule has 11 heteroatoms. The summed E-state index contributed by atoms with van der Waals surface area (Å²) in [5.74, 6) is -0.980. The molecule has 0 saturated heterocycles. The molecule has 3 atom stereocenters. The van der Waals surface area contributed by atoms with Crippen molar-refractivity contribution in [3.8, 4) is 0 Å². The molecular formula is C44H81O10P. The lowest BCUT2D eigenvalue weighted by atomic mass is 10.0. The van der Waals surface area contributed by atoms with Crippen molar-refractivity contribution in [2.75, 3.05) is 26.4 Å². The average Bonchev–Trinajstić information content (AvgIpc) is 3.17. The standard InChI is InChI=1S/C44H81O10P/c1-3-5-7-9-11-13-15-17-19-20-22-24-26-28-30-32-34-36-44(48)54-42(40-53-55(49,50)52-38-41(46)37-45)39-51-43(47)35-33-31-29-27-25-23-21-18-16-14-12-10-8-6-4-2/h17,19,22,24,28,30,41-42,45-46H,3-16,18,20-21,23,25-27,29,31-40H2,1-2H3,(H,49,50)/t41-,42+/m0/s1. The summed E-state index contributed by atoms with van der Waals surface area (Å²) in [4.78, 5) is 34.9. The Balaban J connectivity index is 4.37. The number of phosphoric ester groups is 1. The molecule has 322 valence electrons. The van der Waals surface area contributed by atoms with Crippen molar-refractivity contribution in [2.45, 2.75) is 206 Å². The summed E-state index contributed by atoms with van der Waals surface area (Å²) < 4.78 is 32.7. The molecule has 1 unspecified atom stereocenters. The van der Waals surface area contributed by atoms with Gasteiger partial charge in [0.1, 0.15) is 12.7 Å². The second-order valence-corrected chi connectivity index (χ2v) is 16.2. The molecule has 3 N–H and O–H groups in total. The lowest BCUT2D eigenvalue weighted by molar-refractivity contribution is -0.161. The maximum atomic E-state index is 12.6. The predicted octanol–water partition coefficient (Wildman–Crippen LogP) is 11.6. The second-order valence-electron chi connectivity index (χ2n) is 14.7. The van der Waals surface area contributed by atoms with Crippen molar-refractivity contribution in [3.63, 3.8) is 0 Å². The Morgan fingerprint density at radius 1 is 0.545 bits per heavy atom. The van der Waals surface area contributed by atoms with Crippen LogP contribution in [0.3, 0.4) is 0 Å². The van der Waals surface area contributed by atoms with E-state index in [1.807, 2.05) is 6.08 Å². The zero-order valence-electron chi connectivity index (χ0n) is 34.9. The van der Waals surface area contributed by atoms with Gasteiger partial charge in [-0.05, 0) is 44.9 Å². The Hall–Kier alpha value is -1.81. The van der Waals surface area contributed by atoms with Crippen molar-refractivity contribution in [2.24, 2.45) is 0 Å². The minimum Gasteiger partial charge on any atom is -0.462 e. The maximum absolute atomic E-state index is 12.6. The van der Waals surface area contributed by atoms with Crippen LogP contribution < -0.4 is 0 Å². The Morgan fingerprint density at radius 2 is 0.964 bits per heavy atom. The van der Waals surface area contributed by atoms with E-state index in [1.165, 1.54) is 109 Å². The first-order chi connectivity index (χ1) is 26.7. The number of ether oxygens (including phenoxy) is 2. The fourth-order valence-corrected chi connectivity index (χ4v) is 6.68. The fourth-order valence-electron chi connectivity index (χ4n) is 5.89. The smallest absolute Gasteiger partial charge is 0.462 e. The van der Waals surface area contributed by atoms with Gasteiger partial charge in [-0.15, -0.1) is 0 Å². The van der Waals surface area contributed by atoms with Gasteiger partial charge in [-0.25, -0.2) is 4.57 Å². The molecule has 0 spiro atoms. The molecule has 55 heavy (non-hydrogen) atoms. The molecule has 0 saturated carbocycles. The predicted molar refractivity (Wildman–Crippen MR) is 224 cm³/mol. The lowest BCUT2D eigenvalue weighted by Crippen LogP contribution is -2.29. The molecule has 0 fully saturated rings. The fraction of sp³-hybridized carbons (Fsp3) is 0.818. The highest BCUT2D eigenvalue weighted by Gasteiger charge is 2.27. The van der Waals surface area contributed by atoms with Crippen LogP contribution in [0.15, 0.2) is 36.5 Å². The van der Waals surface area contributed by atoms with E-state index in [0.29, 0.717) is 19.3 Å². The largest absolute Gasteiger partial charge is 0.472 e. The Morgan fingerprint density at radius 3 is 1.47 bits per heavy atom. The number of carbonyl (C=O) groups is 2. The van der Waals surface area contributed by atoms with Crippen LogP contribution in [0, 0.1) is 0 Å². The summed E-state index contributed by atoms with van der Waals surface area (Å²) in [5, 5.41) is 18.3. The van der Waals surface area contributed by atoms with Gasteiger partial charge < -0.3 is 24.6 Å². The molecule has 0 radical (unpaired) electrons. The Bertz CT molecular complexity index is 1010. The molecule has 0 aliphatic rings. The van der Waals surface area contributed by atoms with E-state index in [2.05, 4.69) is 48.8 Å². The minimum absolute atomic E-state index is 0.114. The van der Waals surface area contributed by atoms with Gasteiger partial charge in [0.25, 0.3) is 0 Å². The molecule has 0 heterocycles. The second kappa shape index (κ2) is 40.4. The summed E-state index contributed by atoms with van der Waals surface area (Å²) in [5.41, 5.74) is 0. The highest BCUT2D eigenvalue weighted by Crippen LogP contribution is 2.43. The van der Waals surface area contributed by atoms with Gasteiger partial charge in [-0.2, -0.15) is 0 Å². The van der Waals surface area contributed by atoms with Crippen LogP contribution in [-0.4, -0.2) is 65.7 Å². The normalized spacial score (nSPS) is 14.2. The van der Waals surface area contributed by atoms with E-state index in [4.69, 9.17) is 19.1 Å². The molecule has 10 nitrogen and oxygen atoms in total. The summed E-state index contributed by atoms with van der Waals surface area (Å²) in [7, 11) is -4.63. The third kappa shape index (κ3) is 40.2. The number of rotatable bonds is 41. The SMILES string of the molecule is CCCCCCCCC=CCC=CCC=CCCCC(=O)O[C@H](COC(=O)CCCCCCCCCCCCCCCCC)COP(=O)(O)OC[C@@H](O)CO. The van der Waals surface area contributed by atoms with Gasteiger partial charge in [-0.1, -0.05) is 172 Å². The van der Waals surface area contributed by atoms with Crippen molar-refractivity contribution in [3.05, 3.63) is 36.5 Å². The summed E-state index contributed by atoms with van der Waals surface area (Å²) in [6.07, 6.45) is 41.2. The highest BCUT2D eigenvalue weighted by atomic mass is 31.2. The first-order valence-corrected chi connectivity index (χ1v) is 23.4. The first-order valence-electron chi connectivity index (χ1n) is 21.9. The minimum atomic E-state index is -4.63. The van der Waals surface area contributed by atoms with Gasteiger partial charge in [-0.3, -0.25) is 18.6 Å². The number of allylic oxidation sites excluding steroid dienone is 6. The molecule has 0 aromatic rings. The van der Waals surface area contributed by atoms with Crippen LogP contribution >= 0.6 is 7.82 Å². The Labute approximate surface area is 335 Å². The summed E-state index contributed by atoms with van der Waals surface area (Å²) in [6.45, 7) is 2.33. The molecule has 0 aromatic carbocycles. The number of hydrogen-bond acceptors (Lipinski definition) is 9. The molecule has 0 rings (SSSR count). The van der Waals surface area contributed by atoms with Crippen LogP contribution in [0.5, 0.6) is 0 Å². The number of esters is 2. The zero-order chi connectivity index (χ0) is 40.5. The topological polar surface area (TPSA) is 149 Å². The third-order valence-electron chi connectivity index (χ3n) is 9.30. The van der Waals surface area contributed by atoms with Crippen molar-refractivity contribution >= 4 is 19.8 Å². The number of aliphatic hydroxyl groups excluding tert-OH is 2. The van der Waals surface area contributed by atoms with Crippen LogP contribution in [0.2, 0.25) is 0 Å². The molecule has 0 amide bonds. The number of hydrogen-bond donors (Lipinski definition) is 3. The van der Waals surface area contributed by atoms with Gasteiger partial charge in [0.15, 0.2) is 6.10 Å². The van der Waals surface area contributed by atoms with Gasteiger partial charge in [0.05, 0.1) is 19.8 Å². The van der Waals surface area contributed by atoms with Gasteiger partial charge in [0, 0.05) is 12.8 Å². The average molecular weight is 801 g/mol. The van der Waals surface area contributed by atoms with Crippen LogP contribution in [0.25, 0.3) is 0 Å². The quantitative estimate of drug-likeness (QED) is 0.0236. The molecular weight excluding hydrogens is 719 g/mol. The van der Waals surface area contributed by atoms with Crippen molar-refractivity contribution in [1.82, 2.24) is 0 Å². The van der Waals surface area contributed by atoms with E-state index < -0.39 is 51.8 Å². The highest BCUT2D eigenvalue weighted by molar-refractivity contribution is 7.47. The van der Waals surface area contributed by atoms with E-state index in [0.717, 1.165) is 38.5 Å². The Kier molecular flexibility index (Phi) is 39.1. The molecule has 0 bridgehead atoms. The number of unbranched alkanes of at least 4 members (excludes halogenated alkanes) is 21. The lowest BCUT2D eigenvalue weighted by Gasteiger charge is -2.20. The van der Waals surface area contributed by atoms with Crippen molar-refractivity contribution in [1.29, 1.82) is 0 Å². The monoisotopic (exact) mass is 801 g/mol. The summed E-state index contributed by atoms with van der Waals surface area (Å²) >= 11 is 0. The zero-order valence-corrected chi connectivity index (χ0v) is 35.8. The van der Waals surface area contributed by atoms with Gasteiger partial charge in [0.2, 0.25) is 0 Å². The maximum Gasteiger partial charge on any atom is 0.472 e. The van der Waals surface area contributed by atoms with E-state index in [9.17, 15) is 24.2 Å². The van der Waals surface area contributed by atoms with Crippen LogP contribution in [0.4, 0.5) is 0 Å². The van der Waals surface area contributed by atoms with Crippen LogP contribution in [0.1, 0.15) is 194 Å². The van der Waals surface area contributed by atoms with E-state index in [1.54, 1.807) is 0 Å². The third-order valence-corrected chi connectivity index (χ3v) is 10.2. The first kappa shape index (κ1) is 53.2. The number of aliphatic hydroxyl groups is 2. The van der Waals surface area contributed by atoms with E-state index in [-0.39, 0.29) is 19.4 Å². The van der Waals surface area contributed by atoms with Crippen molar-refractivity contribution < 1.29 is 47.8 Å². The van der Waals surface area contributed by atoms with E-state index >= 15 is 0 Å². The molecule has 0 aliphatic heterocycles. The van der Waals surface area contributed by atoms with Gasteiger partial charge >= 0.3 is 19.8 Å².